The minimum Gasteiger partial charge on any atom is -0.492 e. The zero-order chi connectivity index (χ0) is 12.8. The lowest BCUT2D eigenvalue weighted by Crippen LogP contribution is -2.20. The molecule has 0 aliphatic carbocycles. The summed E-state index contributed by atoms with van der Waals surface area (Å²) in [4.78, 5) is 22.3. The van der Waals surface area contributed by atoms with Crippen LogP contribution < -0.4 is 10.1 Å². The lowest BCUT2D eigenvalue weighted by molar-refractivity contribution is -0.121. The van der Waals surface area contributed by atoms with Crippen LogP contribution in [0.1, 0.15) is 23.7 Å². The first kappa shape index (κ1) is 13.5. The molecule has 4 nitrogen and oxygen atoms in total. The van der Waals surface area contributed by atoms with E-state index < -0.39 is 0 Å². The van der Waals surface area contributed by atoms with E-state index in [1.165, 1.54) is 6.92 Å². The third kappa shape index (κ3) is 4.07. The zero-order valence-electron chi connectivity index (χ0n) is 9.75. The van der Waals surface area contributed by atoms with Gasteiger partial charge < -0.3 is 10.1 Å². The molecule has 0 unspecified atom stereocenters. The van der Waals surface area contributed by atoms with Gasteiger partial charge in [0.05, 0.1) is 18.6 Å². The molecule has 0 saturated heterocycles. The highest BCUT2D eigenvalue weighted by Crippen LogP contribution is 2.23. The summed E-state index contributed by atoms with van der Waals surface area (Å²) in [7, 11) is 1.56. The smallest absolute Gasteiger partial charge is 0.223 e. The van der Waals surface area contributed by atoms with Crippen LogP contribution >= 0.6 is 11.6 Å². The molecule has 0 heterocycles. The van der Waals surface area contributed by atoms with E-state index in [-0.39, 0.29) is 24.7 Å². The van der Waals surface area contributed by atoms with E-state index in [4.69, 9.17) is 16.3 Å². The van der Waals surface area contributed by atoms with Gasteiger partial charge in [0.1, 0.15) is 5.75 Å². The number of nitrogens with one attached hydrogen (secondary N) is 1. The monoisotopic (exact) mass is 255 g/mol. The Balaban J connectivity index is 2.70. The van der Waals surface area contributed by atoms with Crippen molar-refractivity contribution in [1.82, 2.24) is 5.32 Å². The molecule has 1 rings (SSSR count). The first-order chi connectivity index (χ1) is 8.04. The number of ketones is 1. The van der Waals surface area contributed by atoms with Gasteiger partial charge in [-0.3, -0.25) is 9.59 Å². The Morgan fingerprint density at radius 1 is 1.41 bits per heavy atom. The van der Waals surface area contributed by atoms with Gasteiger partial charge in [-0.2, -0.15) is 0 Å². The number of amides is 1. The molecule has 0 radical (unpaired) electrons. The van der Waals surface area contributed by atoms with Crippen molar-refractivity contribution < 1.29 is 14.3 Å². The van der Waals surface area contributed by atoms with Crippen LogP contribution in [0.5, 0.6) is 5.75 Å². The van der Waals surface area contributed by atoms with Crippen LogP contribution in [0.15, 0.2) is 18.2 Å². The quantitative estimate of drug-likeness (QED) is 0.820. The van der Waals surface area contributed by atoms with Gasteiger partial charge in [0.2, 0.25) is 5.91 Å². The molecule has 1 aromatic carbocycles. The third-order valence-corrected chi connectivity index (χ3v) is 2.42. The Bertz CT molecular complexity index is 432. The van der Waals surface area contributed by atoms with Crippen molar-refractivity contribution in [2.75, 3.05) is 13.7 Å². The molecule has 1 aromatic rings. The first-order valence-electron chi connectivity index (χ1n) is 5.18. The van der Waals surface area contributed by atoms with Crippen LogP contribution in [-0.4, -0.2) is 25.3 Å². The van der Waals surface area contributed by atoms with Crippen LogP contribution in [0.3, 0.4) is 0 Å². The maximum absolute atomic E-state index is 11.4. The Labute approximate surface area is 105 Å². The summed E-state index contributed by atoms with van der Waals surface area (Å²) in [5.74, 6) is 0.219. The van der Waals surface area contributed by atoms with E-state index >= 15 is 0 Å². The van der Waals surface area contributed by atoms with Crippen molar-refractivity contribution in [1.29, 1.82) is 0 Å². The Morgan fingerprint density at radius 2 is 2.12 bits per heavy atom. The fourth-order valence-corrected chi connectivity index (χ4v) is 1.45. The maximum atomic E-state index is 11.4. The summed E-state index contributed by atoms with van der Waals surface area (Å²) >= 11 is 5.80. The molecule has 1 N–H and O–H groups in total. The number of halogens is 1. The minimum atomic E-state index is -0.123. The average molecular weight is 256 g/mol. The van der Waals surface area contributed by atoms with Crippen LogP contribution in [0.4, 0.5) is 0 Å². The summed E-state index contributed by atoms with van der Waals surface area (Å²) in [5, 5.41) is 2.97. The average Bonchev–Trinajstić information content (AvgIpc) is 2.30. The fourth-order valence-electron chi connectivity index (χ4n) is 1.28. The highest BCUT2D eigenvalue weighted by Gasteiger charge is 2.09. The van der Waals surface area contributed by atoms with Crippen LogP contribution in [0.2, 0.25) is 5.02 Å². The minimum absolute atomic E-state index is 0.108. The number of rotatable bonds is 5. The topological polar surface area (TPSA) is 55.4 Å². The van der Waals surface area contributed by atoms with Gasteiger partial charge in [-0.25, -0.2) is 0 Å². The van der Waals surface area contributed by atoms with Gasteiger partial charge >= 0.3 is 0 Å². The van der Waals surface area contributed by atoms with E-state index in [2.05, 4.69) is 5.32 Å². The lowest BCUT2D eigenvalue weighted by Gasteiger charge is -2.09. The molecule has 0 saturated carbocycles. The Hall–Kier alpha value is -1.55. The summed E-state index contributed by atoms with van der Waals surface area (Å²) < 4.78 is 5.39. The lowest BCUT2D eigenvalue weighted by atomic mass is 10.1. The number of benzene rings is 1. The molecule has 5 heteroatoms. The van der Waals surface area contributed by atoms with E-state index in [0.29, 0.717) is 16.3 Å². The van der Waals surface area contributed by atoms with E-state index in [0.717, 1.165) is 0 Å². The molecule has 0 bridgehead atoms. The van der Waals surface area contributed by atoms with Gasteiger partial charge in [-0.15, -0.1) is 0 Å². The largest absolute Gasteiger partial charge is 0.492 e. The van der Waals surface area contributed by atoms with E-state index in [1.807, 2.05) is 0 Å². The predicted octanol–water partition coefficient (Wildman–Crippen LogP) is 2.06. The molecule has 0 aliphatic rings. The maximum Gasteiger partial charge on any atom is 0.223 e. The third-order valence-electron chi connectivity index (χ3n) is 2.19. The number of carbonyl (C=O) groups excluding carboxylic acids is 2. The molecule has 0 aliphatic heterocycles. The van der Waals surface area contributed by atoms with Crippen molar-refractivity contribution in [3.05, 3.63) is 28.8 Å². The van der Waals surface area contributed by atoms with Crippen LogP contribution in [0, 0.1) is 0 Å². The summed E-state index contributed by atoms with van der Waals surface area (Å²) in [6, 6.07) is 4.82. The van der Waals surface area contributed by atoms with Crippen molar-refractivity contribution in [2.45, 2.75) is 13.3 Å². The zero-order valence-corrected chi connectivity index (χ0v) is 10.5. The van der Waals surface area contributed by atoms with Crippen LogP contribution in [-0.2, 0) is 4.79 Å². The van der Waals surface area contributed by atoms with Gasteiger partial charge in [0.15, 0.2) is 5.78 Å². The van der Waals surface area contributed by atoms with Crippen LogP contribution in [0.25, 0.3) is 0 Å². The number of Topliss-reactive ketones (excluding diaryl/α,β-unsaturated/α-hetero) is 1. The molecule has 92 valence electrons. The standard InChI is InChI=1S/C12H14ClNO3/c1-8(15)10-7-9(13)3-4-11(10)17-6-5-12(16)14-2/h3-4,7H,5-6H2,1-2H3,(H,14,16). The summed E-state index contributed by atoms with van der Waals surface area (Å²) in [5.41, 5.74) is 0.425. The second-order valence-electron chi connectivity index (χ2n) is 3.47. The van der Waals surface area contributed by atoms with E-state index in [1.54, 1.807) is 25.2 Å². The molecule has 17 heavy (non-hydrogen) atoms. The van der Waals surface area contributed by atoms with Gasteiger partial charge in [0.25, 0.3) is 0 Å². The van der Waals surface area contributed by atoms with Crippen molar-refractivity contribution in [3.63, 3.8) is 0 Å². The highest BCUT2D eigenvalue weighted by molar-refractivity contribution is 6.31. The van der Waals surface area contributed by atoms with Gasteiger partial charge in [-0.1, -0.05) is 11.6 Å². The number of hydrogen-bond donors (Lipinski definition) is 1. The Kier molecular flexibility index (Phi) is 4.97. The predicted molar refractivity (Wildman–Crippen MR) is 65.6 cm³/mol. The van der Waals surface area contributed by atoms with Crippen molar-refractivity contribution in [3.8, 4) is 5.75 Å². The molecular weight excluding hydrogens is 242 g/mol. The second-order valence-corrected chi connectivity index (χ2v) is 3.90. The summed E-state index contributed by atoms with van der Waals surface area (Å²) in [6.07, 6.45) is 0.246. The SMILES string of the molecule is CNC(=O)CCOc1ccc(Cl)cc1C(C)=O. The Morgan fingerprint density at radius 3 is 2.71 bits per heavy atom. The molecule has 0 aromatic heterocycles. The normalized spacial score (nSPS) is 9.82. The van der Waals surface area contributed by atoms with Gasteiger partial charge in [0, 0.05) is 12.1 Å². The fraction of sp³-hybridized carbons (Fsp3) is 0.333. The first-order valence-corrected chi connectivity index (χ1v) is 5.56. The van der Waals surface area contributed by atoms with Crippen molar-refractivity contribution in [2.24, 2.45) is 0 Å². The molecule has 0 fully saturated rings. The number of hydrogen-bond acceptors (Lipinski definition) is 3. The second kappa shape index (κ2) is 6.25. The van der Waals surface area contributed by atoms with Gasteiger partial charge in [-0.05, 0) is 25.1 Å². The highest BCUT2D eigenvalue weighted by atomic mass is 35.5. The number of carbonyl (C=O) groups is 2. The molecular formula is C12H14ClNO3. The molecule has 1 amide bonds. The molecule has 0 spiro atoms. The summed E-state index contributed by atoms with van der Waals surface area (Å²) in [6.45, 7) is 1.67. The van der Waals surface area contributed by atoms with E-state index in [9.17, 15) is 9.59 Å². The van der Waals surface area contributed by atoms with Crippen molar-refractivity contribution >= 4 is 23.3 Å². The molecule has 0 atom stereocenters. The number of ether oxygens (including phenoxy) is 1.